The summed E-state index contributed by atoms with van der Waals surface area (Å²) in [6, 6.07) is 3.60. The van der Waals surface area contributed by atoms with E-state index in [1.807, 2.05) is 0 Å². The van der Waals surface area contributed by atoms with Crippen LogP contribution in [0, 0.1) is 0 Å². The maximum Gasteiger partial charge on any atom is 0.437 e. The van der Waals surface area contributed by atoms with E-state index in [9.17, 15) is 31.1 Å². The fourth-order valence-electron chi connectivity index (χ4n) is 1.64. The summed E-state index contributed by atoms with van der Waals surface area (Å²) in [5, 5.41) is 14.5. The van der Waals surface area contributed by atoms with Crippen LogP contribution in [0.3, 0.4) is 0 Å². The fraction of sp³-hybridized carbons (Fsp3) is 0.182. The van der Waals surface area contributed by atoms with E-state index < -0.39 is 41.0 Å². The van der Waals surface area contributed by atoms with Gasteiger partial charge in [0.15, 0.2) is 0 Å². The Morgan fingerprint density at radius 2 is 1.59 bits per heavy atom. The van der Waals surface area contributed by atoms with Crippen LogP contribution >= 0.6 is 0 Å². The number of alkyl halides is 6. The average molecular weight is 325 g/mol. The van der Waals surface area contributed by atoms with Crippen molar-refractivity contribution in [2.45, 2.75) is 12.4 Å². The molecule has 0 radical (unpaired) electrons. The highest BCUT2D eigenvalue weighted by atomic mass is 19.4. The Hall–Kier alpha value is -2.59. The second-order valence-corrected chi connectivity index (χ2v) is 4.00. The van der Waals surface area contributed by atoms with Gasteiger partial charge in [0.1, 0.15) is 0 Å². The molecular weight excluding hydrogens is 320 g/mol. The summed E-state index contributed by atoms with van der Waals surface area (Å²) in [7, 11) is 0. The first-order valence-corrected chi connectivity index (χ1v) is 5.46. The molecule has 1 N–H and O–H groups in total. The second kappa shape index (κ2) is 5.00. The maximum atomic E-state index is 12.8. The number of para-hydroxylation sites is 1. The Kier molecular flexibility index (Phi) is 3.59. The van der Waals surface area contributed by atoms with E-state index in [-0.39, 0.29) is 4.80 Å². The third-order valence-electron chi connectivity index (χ3n) is 2.51. The lowest BCUT2D eigenvalue weighted by Gasteiger charge is -2.11. The summed E-state index contributed by atoms with van der Waals surface area (Å²) in [5.74, 6) is -2.05. The van der Waals surface area contributed by atoms with Gasteiger partial charge in [-0.3, -0.25) is 0 Å². The Labute approximate surface area is 117 Å². The van der Waals surface area contributed by atoms with Gasteiger partial charge in [0.2, 0.25) is 11.4 Å². The summed E-state index contributed by atoms with van der Waals surface area (Å²) in [6.07, 6.45) is -10.0. The minimum atomic E-state index is -5.17. The monoisotopic (exact) mass is 325 g/mol. The quantitative estimate of drug-likeness (QED) is 0.862. The van der Waals surface area contributed by atoms with Crippen molar-refractivity contribution in [3.63, 3.8) is 0 Å². The number of aromatic carboxylic acids is 1. The third-order valence-corrected chi connectivity index (χ3v) is 2.51. The van der Waals surface area contributed by atoms with Crippen LogP contribution < -0.4 is 0 Å². The van der Waals surface area contributed by atoms with Crippen molar-refractivity contribution in [3.8, 4) is 5.69 Å². The highest BCUT2D eigenvalue weighted by Gasteiger charge is 2.42. The predicted octanol–water partition coefficient (Wildman–Crippen LogP) is 3.00. The van der Waals surface area contributed by atoms with Gasteiger partial charge in [0.25, 0.3) is 0 Å². The topological polar surface area (TPSA) is 68.0 Å². The van der Waals surface area contributed by atoms with Crippen LogP contribution in [0.15, 0.2) is 24.3 Å². The lowest BCUT2D eigenvalue weighted by molar-refractivity contribution is -0.141. The minimum Gasteiger partial charge on any atom is -0.476 e. The molecule has 0 unspecified atom stereocenters. The Bertz CT molecular complexity index is 719. The number of benzene rings is 1. The molecule has 5 nitrogen and oxygen atoms in total. The van der Waals surface area contributed by atoms with Crippen LogP contribution in [0.1, 0.15) is 21.7 Å². The SMILES string of the molecule is O=C(O)c1nn(-c2ccccc2C(F)(F)F)nc1C(F)(F)F. The lowest BCUT2D eigenvalue weighted by atomic mass is 10.2. The van der Waals surface area contributed by atoms with Crippen molar-refractivity contribution in [3.05, 3.63) is 41.2 Å². The van der Waals surface area contributed by atoms with Gasteiger partial charge in [0, 0.05) is 0 Å². The number of carboxylic acids is 1. The molecule has 0 aliphatic heterocycles. The number of aromatic nitrogens is 3. The number of halogens is 6. The molecule has 22 heavy (non-hydrogen) atoms. The normalized spacial score (nSPS) is 12.5. The van der Waals surface area contributed by atoms with Gasteiger partial charge in [-0.1, -0.05) is 12.1 Å². The van der Waals surface area contributed by atoms with Gasteiger partial charge in [-0.15, -0.1) is 15.0 Å². The molecule has 0 saturated heterocycles. The van der Waals surface area contributed by atoms with Crippen molar-refractivity contribution in [2.24, 2.45) is 0 Å². The van der Waals surface area contributed by atoms with E-state index in [4.69, 9.17) is 5.11 Å². The highest BCUT2D eigenvalue weighted by molar-refractivity contribution is 5.86. The summed E-state index contributed by atoms with van der Waals surface area (Å²) in [5.41, 5.74) is -5.47. The Morgan fingerprint density at radius 3 is 2.05 bits per heavy atom. The molecule has 0 bridgehead atoms. The first-order chi connectivity index (χ1) is 10.0. The first-order valence-electron chi connectivity index (χ1n) is 5.46. The van der Waals surface area contributed by atoms with E-state index in [0.717, 1.165) is 18.2 Å². The molecule has 0 atom stereocenters. The molecular formula is C11H5F6N3O2. The van der Waals surface area contributed by atoms with Gasteiger partial charge in [-0.05, 0) is 12.1 Å². The summed E-state index contributed by atoms with van der Waals surface area (Å²) < 4.78 is 76.5. The van der Waals surface area contributed by atoms with E-state index in [2.05, 4.69) is 10.2 Å². The second-order valence-electron chi connectivity index (χ2n) is 4.00. The van der Waals surface area contributed by atoms with Gasteiger partial charge >= 0.3 is 18.3 Å². The largest absolute Gasteiger partial charge is 0.476 e. The van der Waals surface area contributed by atoms with Gasteiger partial charge in [0.05, 0.1) is 11.3 Å². The van der Waals surface area contributed by atoms with Crippen LogP contribution in [-0.2, 0) is 12.4 Å². The standard InChI is InChI=1S/C11H5F6N3O2/c12-10(13,14)5-3-1-2-4-6(5)20-18-7(9(21)22)8(19-20)11(15,16)17/h1-4H,(H,21,22). The number of carbonyl (C=O) groups is 1. The zero-order valence-electron chi connectivity index (χ0n) is 10.3. The van der Waals surface area contributed by atoms with Crippen molar-refractivity contribution in [1.82, 2.24) is 15.0 Å². The molecule has 0 fully saturated rings. The van der Waals surface area contributed by atoms with E-state index in [0.29, 0.717) is 6.07 Å². The third kappa shape index (κ3) is 2.87. The molecule has 1 aromatic carbocycles. The molecule has 11 heteroatoms. The van der Waals surface area contributed by atoms with Crippen LogP contribution in [0.25, 0.3) is 5.69 Å². The average Bonchev–Trinajstić information content (AvgIpc) is 2.82. The van der Waals surface area contributed by atoms with Crippen molar-refractivity contribution in [2.75, 3.05) is 0 Å². The van der Waals surface area contributed by atoms with Crippen molar-refractivity contribution in [1.29, 1.82) is 0 Å². The van der Waals surface area contributed by atoms with Gasteiger partial charge in [-0.25, -0.2) is 4.79 Å². The van der Waals surface area contributed by atoms with Crippen molar-refractivity contribution >= 4 is 5.97 Å². The molecule has 1 aromatic heterocycles. The number of nitrogens with zero attached hydrogens (tertiary/aromatic N) is 3. The first kappa shape index (κ1) is 15.8. The molecule has 1 heterocycles. The molecule has 2 rings (SSSR count). The fourth-order valence-corrected chi connectivity index (χ4v) is 1.64. The molecule has 2 aromatic rings. The molecule has 118 valence electrons. The number of rotatable bonds is 2. The van der Waals surface area contributed by atoms with Gasteiger partial charge < -0.3 is 5.11 Å². The Balaban J connectivity index is 2.68. The van der Waals surface area contributed by atoms with Crippen LogP contribution in [-0.4, -0.2) is 26.1 Å². The Morgan fingerprint density at radius 1 is 1.00 bits per heavy atom. The zero-order chi connectivity index (χ0) is 16.7. The molecule has 0 saturated carbocycles. The zero-order valence-corrected chi connectivity index (χ0v) is 10.3. The number of carboxylic acid groups (broad SMARTS) is 1. The minimum absolute atomic E-state index is 0.00903. The predicted molar refractivity (Wildman–Crippen MR) is 58.3 cm³/mol. The van der Waals surface area contributed by atoms with Crippen LogP contribution in [0.4, 0.5) is 26.3 Å². The van der Waals surface area contributed by atoms with E-state index >= 15 is 0 Å². The summed E-state index contributed by atoms with van der Waals surface area (Å²) in [4.78, 5) is 10.8. The lowest BCUT2D eigenvalue weighted by Crippen LogP contribution is -2.13. The molecule has 0 spiro atoms. The highest BCUT2D eigenvalue weighted by Crippen LogP contribution is 2.35. The van der Waals surface area contributed by atoms with Gasteiger partial charge in [-0.2, -0.15) is 26.3 Å². The maximum absolute atomic E-state index is 12.8. The summed E-state index contributed by atoms with van der Waals surface area (Å²) in [6.45, 7) is 0. The molecule has 0 amide bonds. The molecule has 0 aliphatic carbocycles. The van der Waals surface area contributed by atoms with Crippen molar-refractivity contribution < 1.29 is 36.2 Å². The summed E-state index contributed by atoms with van der Waals surface area (Å²) >= 11 is 0. The number of hydrogen-bond acceptors (Lipinski definition) is 3. The van der Waals surface area contributed by atoms with E-state index in [1.165, 1.54) is 0 Å². The van der Waals surface area contributed by atoms with Crippen LogP contribution in [0.5, 0.6) is 0 Å². The van der Waals surface area contributed by atoms with E-state index in [1.54, 1.807) is 0 Å². The van der Waals surface area contributed by atoms with Crippen LogP contribution in [0.2, 0.25) is 0 Å². The smallest absolute Gasteiger partial charge is 0.437 e. The number of hydrogen-bond donors (Lipinski definition) is 1. The molecule has 0 aliphatic rings.